The smallest absolute Gasteiger partial charge is 0.0595 e. The van der Waals surface area contributed by atoms with E-state index >= 15 is 0 Å². The van der Waals surface area contributed by atoms with Crippen LogP contribution in [0.3, 0.4) is 0 Å². The quantitative estimate of drug-likeness (QED) is 0.596. The SMILES string of the molecule is Cc1ccc(Br)cc1C(Cc1ccc(Cl)c(Cl)c1)NN. The molecule has 2 aromatic carbocycles. The highest BCUT2D eigenvalue weighted by molar-refractivity contribution is 9.10. The van der Waals surface area contributed by atoms with Gasteiger partial charge in [-0.1, -0.05) is 51.3 Å². The van der Waals surface area contributed by atoms with Gasteiger partial charge in [-0.15, -0.1) is 0 Å². The van der Waals surface area contributed by atoms with E-state index in [1.54, 1.807) is 6.07 Å². The van der Waals surface area contributed by atoms with Crippen molar-refractivity contribution in [1.82, 2.24) is 5.43 Å². The molecule has 0 heterocycles. The van der Waals surface area contributed by atoms with Crippen LogP contribution in [-0.2, 0) is 6.42 Å². The van der Waals surface area contributed by atoms with Gasteiger partial charge in [-0.3, -0.25) is 11.3 Å². The summed E-state index contributed by atoms with van der Waals surface area (Å²) in [5, 5.41) is 1.12. The number of benzene rings is 2. The topological polar surface area (TPSA) is 38.0 Å². The molecule has 1 unspecified atom stereocenters. The van der Waals surface area contributed by atoms with Gasteiger partial charge in [0.2, 0.25) is 0 Å². The highest BCUT2D eigenvalue weighted by atomic mass is 79.9. The largest absolute Gasteiger partial charge is 0.271 e. The van der Waals surface area contributed by atoms with E-state index in [9.17, 15) is 0 Å². The van der Waals surface area contributed by atoms with Crippen molar-refractivity contribution in [2.45, 2.75) is 19.4 Å². The first-order valence-electron chi connectivity index (χ1n) is 6.17. The van der Waals surface area contributed by atoms with Gasteiger partial charge in [-0.2, -0.15) is 0 Å². The fourth-order valence-electron chi connectivity index (χ4n) is 2.15. The molecule has 0 bridgehead atoms. The molecular weight excluding hydrogens is 359 g/mol. The van der Waals surface area contributed by atoms with Crippen molar-refractivity contribution in [3.63, 3.8) is 0 Å². The van der Waals surface area contributed by atoms with Gasteiger partial charge in [0.1, 0.15) is 0 Å². The Balaban J connectivity index is 2.28. The Labute approximate surface area is 137 Å². The standard InChI is InChI=1S/C15H15BrCl2N2/c1-9-2-4-11(16)8-12(9)15(20-19)7-10-3-5-13(17)14(18)6-10/h2-6,8,15,20H,7,19H2,1H3. The van der Waals surface area contributed by atoms with Crippen molar-refractivity contribution in [2.24, 2.45) is 5.84 Å². The Hall–Kier alpha value is -0.580. The van der Waals surface area contributed by atoms with Crippen molar-refractivity contribution in [3.8, 4) is 0 Å². The van der Waals surface area contributed by atoms with Crippen LogP contribution in [0.2, 0.25) is 10.0 Å². The first-order valence-corrected chi connectivity index (χ1v) is 7.72. The molecule has 0 saturated heterocycles. The average Bonchev–Trinajstić information content (AvgIpc) is 2.43. The average molecular weight is 374 g/mol. The molecule has 3 N–H and O–H groups in total. The highest BCUT2D eigenvalue weighted by Crippen LogP contribution is 2.28. The van der Waals surface area contributed by atoms with Crippen LogP contribution < -0.4 is 11.3 Å². The lowest BCUT2D eigenvalue weighted by Crippen LogP contribution is -2.30. The number of nitrogens with one attached hydrogen (secondary N) is 1. The maximum absolute atomic E-state index is 6.05. The van der Waals surface area contributed by atoms with Gasteiger partial charge >= 0.3 is 0 Å². The Morgan fingerprint density at radius 2 is 1.90 bits per heavy atom. The fourth-order valence-corrected chi connectivity index (χ4v) is 2.85. The summed E-state index contributed by atoms with van der Waals surface area (Å²) in [7, 11) is 0. The third-order valence-corrected chi connectivity index (χ3v) is 4.47. The van der Waals surface area contributed by atoms with Gasteiger partial charge < -0.3 is 0 Å². The van der Waals surface area contributed by atoms with Gasteiger partial charge in [0, 0.05) is 4.47 Å². The number of nitrogens with two attached hydrogens (primary N) is 1. The van der Waals surface area contributed by atoms with Gasteiger partial charge in [0.05, 0.1) is 16.1 Å². The minimum absolute atomic E-state index is 0.0183. The van der Waals surface area contributed by atoms with Crippen molar-refractivity contribution >= 4 is 39.1 Å². The van der Waals surface area contributed by atoms with Gasteiger partial charge in [0.15, 0.2) is 0 Å². The zero-order valence-electron chi connectivity index (χ0n) is 11.0. The molecule has 5 heteroatoms. The maximum Gasteiger partial charge on any atom is 0.0595 e. The Bertz CT molecular complexity index is 617. The number of hydrogen-bond donors (Lipinski definition) is 2. The molecule has 2 rings (SSSR count). The first kappa shape index (κ1) is 15.8. The number of hydrogen-bond acceptors (Lipinski definition) is 2. The second-order valence-corrected chi connectivity index (χ2v) is 6.40. The molecule has 0 fully saturated rings. The van der Waals surface area contributed by atoms with E-state index in [1.165, 1.54) is 5.56 Å². The summed E-state index contributed by atoms with van der Waals surface area (Å²) in [6, 6.07) is 11.8. The first-order chi connectivity index (χ1) is 9.51. The lowest BCUT2D eigenvalue weighted by molar-refractivity contribution is 0.549. The summed E-state index contributed by atoms with van der Waals surface area (Å²) >= 11 is 15.5. The molecule has 0 aliphatic carbocycles. The van der Waals surface area contributed by atoms with E-state index in [-0.39, 0.29) is 6.04 Å². The molecule has 20 heavy (non-hydrogen) atoms. The third kappa shape index (κ3) is 3.74. The Kier molecular flexibility index (Phi) is 5.47. The minimum Gasteiger partial charge on any atom is -0.271 e. The summed E-state index contributed by atoms with van der Waals surface area (Å²) in [6.07, 6.45) is 0.741. The summed E-state index contributed by atoms with van der Waals surface area (Å²) in [6.45, 7) is 2.07. The fraction of sp³-hybridized carbons (Fsp3) is 0.200. The maximum atomic E-state index is 6.05. The van der Waals surface area contributed by atoms with Gasteiger partial charge in [-0.05, 0) is 54.3 Å². The molecule has 0 radical (unpaired) electrons. The van der Waals surface area contributed by atoms with Gasteiger partial charge in [0.25, 0.3) is 0 Å². The van der Waals surface area contributed by atoms with Crippen LogP contribution in [0.15, 0.2) is 40.9 Å². The minimum atomic E-state index is 0.0183. The predicted octanol–water partition coefficient (Wildman–Crippen LogP) is 4.81. The lowest BCUT2D eigenvalue weighted by Gasteiger charge is -2.19. The molecule has 0 saturated carbocycles. The summed E-state index contributed by atoms with van der Waals surface area (Å²) in [5.74, 6) is 5.72. The van der Waals surface area contributed by atoms with Crippen LogP contribution in [0.1, 0.15) is 22.7 Å². The van der Waals surface area contributed by atoms with Crippen LogP contribution in [0.25, 0.3) is 0 Å². The van der Waals surface area contributed by atoms with Crippen molar-refractivity contribution < 1.29 is 0 Å². The number of aryl methyl sites for hydroxylation is 1. The molecule has 0 aliphatic rings. The van der Waals surface area contributed by atoms with E-state index in [4.69, 9.17) is 29.0 Å². The second-order valence-electron chi connectivity index (χ2n) is 4.67. The number of rotatable bonds is 4. The summed E-state index contributed by atoms with van der Waals surface area (Å²) in [5.41, 5.74) is 6.31. The van der Waals surface area contributed by atoms with Crippen molar-refractivity contribution in [3.05, 3.63) is 67.6 Å². The van der Waals surface area contributed by atoms with E-state index in [1.807, 2.05) is 18.2 Å². The van der Waals surface area contributed by atoms with Crippen LogP contribution in [-0.4, -0.2) is 0 Å². The Morgan fingerprint density at radius 3 is 2.55 bits per heavy atom. The molecule has 0 spiro atoms. The number of hydrazine groups is 1. The zero-order chi connectivity index (χ0) is 14.7. The monoisotopic (exact) mass is 372 g/mol. The summed E-state index contributed by atoms with van der Waals surface area (Å²) < 4.78 is 1.03. The number of halogens is 3. The molecular formula is C15H15BrCl2N2. The Morgan fingerprint density at radius 1 is 1.15 bits per heavy atom. The molecule has 106 valence electrons. The van der Waals surface area contributed by atoms with Crippen molar-refractivity contribution in [2.75, 3.05) is 0 Å². The normalized spacial score (nSPS) is 12.4. The predicted molar refractivity (Wildman–Crippen MR) is 89.1 cm³/mol. The van der Waals surface area contributed by atoms with E-state index in [2.05, 4.69) is 40.4 Å². The van der Waals surface area contributed by atoms with Crippen LogP contribution in [0.5, 0.6) is 0 Å². The second kappa shape index (κ2) is 6.92. The molecule has 0 aliphatic heterocycles. The highest BCUT2D eigenvalue weighted by Gasteiger charge is 2.14. The molecule has 1 atom stereocenters. The molecule has 0 amide bonds. The lowest BCUT2D eigenvalue weighted by atomic mass is 9.96. The summed E-state index contributed by atoms with van der Waals surface area (Å²) in [4.78, 5) is 0. The van der Waals surface area contributed by atoms with Crippen LogP contribution in [0.4, 0.5) is 0 Å². The van der Waals surface area contributed by atoms with Crippen LogP contribution in [0, 0.1) is 6.92 Å². The molecule has 0 aromatic heterocycles. The molecule has 2 nitrogen and oxygen atoms in total. The van der Waals surface area contributed by atoms with Crippen molar-refractivity contribution in [1.29, 1.82) is 0 Å². The van der Waals surface area contributed by atoms with E-state index in [0.29, 0.717) is 10.0 Å². The van der Waals surface area contributed by atoms with Gasteiger partial charge in [-0.25, -0.2) is 0 Å². The third-order valence-electron chi connectivity index (χ3n) is 3.24. The van der Waals surface area contributed by atoms with Crippen LogP contribution >= 0.6 is 39.1 Å². The molecule has 2 aromatic rings. The zero-order valence-corrected chi connectivity index (χ0v) is 14.1. The van der Waals surface area contributed by atoms with E-state index < -0.39 is 0 Å². The van der Waals surface area contributed by atoms with E-state index in [0.717, 1.165) is 22.0 Å².